The van der Waals surface area contributed by atoms with Crippen molar-refractivity contribution in [2.75, 3.05) is 7.11 Å². The highest BCUT2D eigenvalue weighted by Crippen LogP contribution is 2.55. The number of ether oxygens (including phenoxy) is 1. The number of hydrogen-bond acceptors (Lipinski definition) is 3. The molecule has 3 nitrogen and oxygen atoms in total. The van der Waals surface area contributed by atoms with Crippen LogP contribution in [0.25, 0.3) is 0 Å². The van der Waals surface area contributed by atoms with E-state index in [-0.39, 0.29) is 0 Å². The number of benzene rings is 3. The molecule has 2 unspecified atom stereocenters. The van der Waals surface area contributed by atoms with E-state index in [0.29, 0.717) is 10.6 Å². The Bertz CT molecular complexity index is 939. The Labute approximate surface area is 179 Å². The molecule has 4 rings (SSSR count). The second-order valence-corrected chi connectivity index (χ2v) is 11.0. The molecule has 3 aromatic carbocycles. The predicted octanol–water partition coefficient (Wildman–Crippen LogP) is 4.85. The normalized spacial score (nSPS) is 18.1. The van der Waals surface area contributed by atoms with Gasteiger partial charge in [-0.15, -0.1) is 0 Å². The summed E-state index contributed by atoms with van der Waals surface area (Å²) in [6, 6.07) is 29.1. The Morgan fingerprint density at radius 2 is 1.23 bits per heavy atom. The van der Waals surface area contributed by atoms with Crippen molar-refractivity contribution < 1.29 is 14.4 Å². The standard InChI is InChI=1S/C26H29O3P/c1-29-25(24(27)26(19-11-12-20-26)21-13-5-2-6-14-21)30(28,22-15-7-3-8-16-22)23-17-9-4-10-18-23/h2-10,13-18,24-25,27H,11-12,19-20H2,1H3. The minimum Gasteiger partial charge on any atom is -0.389 e. The van der Waals surface area contributed by atoms with Gasteiger partial charge >= 0.3 is 0 Å². The molecule has 1 fully saturated rings. The number of rotatable bonds is 7. The molecule has 0 aromatic heterocycles. The highest BCUT2D eigenvalue weighted by molar-refractivity contribution is 7.79. The third-order valence-corrected chi connectivity index (χ3v) is 9.90. The fourth-order valence-electron chi connectivity index (χ4n) is 5.02. The maximum atomic E-state index is 14.8. The molecule has 0 radical (unpaired) electrons. The first-order valence-corrected chi connectivity index (χ1v) is 12.4. The van der Waals surface area contributed by atoms with Gasteiger partial charge in [-0.05, 0) is 18.4 Å². The molecule has 4 heteroatoms. The van der Waals surface area contributed by atoms with Crippen molar-refractivity contribution in [1.29, 1.82) is 0 Å². The lowest BCUT2D eigenvalue weighted by molar-refractivity contribution is -0.0135. The molecule has 0 heterocycles. The van der Waals surface area contributed by atoms with E-state index in [1.165, 1.54) is 0 Å². The summed E-state index contributed by atoms with van der Waals surface area (Å²) in [5, 5.41) is 13.3. The van der Waals surface area contributed by atoms with Gasteiger partial charge in [-0.25, -0.2) is 0 Å². The van der Waals surface area contributed by atoms with E-state index in [0.717, 1.165) is 31.2 Å². The van der Waals surface area contributed by atoms with Crippen molar-refractivity contribution >= 4 is 17.8 Å². The molecule has 30 heavy (non-hydrogen) atoms. The van der Waals surface area contributed by atoms with Crippen LogP contribution in [0.5, 0.6) is 0 Å². The van der Waals surface area contributed by atoms with Crippen LogP contribution in [0.2, 0.25) is 0 Å². The Morgan fingerprint density at radius 1 is 0.800 bits per heavy atom. The zero-order valence-electron chi connectivity index (χ0n) is 17.4. The van der Waals surface area contributed by atoms with Crippen LogP contribution < -0.4 is 10.6 Å². The van der Waals surface area contributed by atoms with Crippen molar-refractivity contribution in [1.82, 2.24) is 0 Å². The Kier molecular flexibility index (Phi) is 6.24. The molecule has 2 atom stereocenters. The van der Waals surface area contributed by atoms with Crippen molar-refractivity contribution in [3.63, 3.8) is 0 Å². The molecule has 1 aliphatic carbocycles. The summed E-state index contributed by atoms with van der Waals surface area (Å²) in [5.74, 6) is -0.833. The second-order valence-electron chi connectivity index (χ2n) is 8.13. The average Bonchev–Trinajstić information content (AvgIpc) is 3.32. The van der Waals surface area contributed by atoms with Gasteiger partial charge in [0.2, 0.25) is 0 Å². The summed E-state index contributed by atoms with van der Waals surface area (Å²) in [7, 11) is -1.71. The summed E-state index contributed by atoms with van der Waals surface area (Å²) in [6.07, 6.45) is 2.93. The fourth-order valence-corrected chi connectivity index (χ4v) is 8.12. The number of methoxy groups -OCH3 is 1. The molecular weight excluding hydrogens is 391 g/mol. The number of aliphatic hydroxyl groups is 1. The Hall–Kier alpha value is -2.19. The average molecular weight is 420 g/mol. The van der Waals surface area contributed by atoms with Crippen molar-refractivity contribution in [3.05, 3.63) is 96.6 Å². The highest BCUT2D eigenvalue weighted by atomic mass is 31.2. The lowest BCUT2D eigenvalue weighted by Crippen LogP contribution is -2.48. The van der Waals surface area contributed by atoms with Gasteiger partial charge in [0.25, 0.3) is 0 Å². The Balaban J connectivity index is 1.86. The van der Waals surface area contributed by atoms with Crippen molar-refractivity contribution in [2.45, 2.75) is 43.0 Å². The summed E-state index contributed by atoms with van der Waals surface area (Å²) in [5.41, 5.74) is 0.644. The van der Waals surface area contributed by atoms with Gasteiger partial charge in [0.05, 0.1) is 6.10 Å². The van der Waals surface area contributed by atoms with Crippen LogP contribution >= 0.6 is 7.14 Å². The molecule has 0 amide bonds. The lowest BCUT2D eigenvalue weighted by atomic mass is 9.74. The van der Waals surface area contributed by atoms with Crippen LogP contribution in [-0.2, 0) is 14.7 Å². The van der Waals surface area contributed by atoms with E-state index in [2.05, 4.69) is 12.1 Å². The van der Waals surface area contributed by atoms with Gasteiger partial charge in [-0.1, -0.05) is 104 Å². The van der Waals surface area contributed by atoms with Crippen LogP contribution in [0.3, 0.4) is 0 Å². The van der Waals surface area contributed by atoms with E-state index in [4.69, 9.17) is 4.74 Å². The summed E-state index contributed by atoms with van der Waals surface area (Å²) in [6.45, 7) is 0. The zero-order valence-corrected chi connectivity index (χ0v) is 18.2. The van der Waals surface area contributed by atoms with E-state index < -0.39 is 24.5 Å². The molecule has 156 valence electrons. The maximum Gasteiger partial charge on any atom is 0.173 e. The third-order valence-electron chi connectivity index (χ3n) is 6.56. The van der Waals surface area contributed by atoms with Gasteiger partial charge in [-0.2, -0.15) is 0 Å². The van der Waals surface area contributed by atoms with Gasteiger partial charge in [-0.3, -0.25) is 0 Å². The molecule has 0 aliphatic heterocycles. The lowest BCUT2D eigenvalue weighted by Gasteiger charge is -2.41. The molecule has 0 saturated heterocycles. The van der Waals surface area contributed by atoms with E-state index in [1.54, 1.807) is 7.11 Å². The first kappa shape index (κ1) is 21.1. The molecule has 1 aliphatic rings. The number of aliphatic hydroxyl groups excluding tert-OH is 1. The third kappa shape index (κ3) is 3.56. The van der Waals surface area contributed by atoms with Gasteiger partial charge in [0.1, 0.15) is 5.85 Å². The summed E-state index contributed by atoms with van der Waals surface area (Å²) >= 11 is 0. The summed E-state index contributed by atoms with van der Waals surface area (Å²) < 4.78 is 20.8. The van der Waals surface area contributed by atoms with Crippen LogP contribution in [0.15, 0.2) is 91.0 Å². The smallest absolute Gasteiger partial charge is 0.173 e. The minimum atomic E-state index is -3.28. The quantitative estimate of drug-likeness (QED) is 0.556. The van der Waals surface area contributed by atoms with E-state index in [1.807, 2.05) is 78.9 Å². The van der Waals surface area contributed by atoms with Crippen molar-refractivity contribution in [2.24, 2.45) is 0 Å². The fraction of sp³-hybridized carbons (Fsp3) is 0.308. The zero-order chi connectivity index (χ0) is 21.0. The molecular formula is C26H29O3P. The SMILES string of the molecule is COC(C(O)C1(c2ccccc2)CCCC1)P(=O)(c1ccccc1)c1ccccc1. The first-order chi connectivity index (χ1) is 14.6. The predicted molar refractivity (Wildman–Crippen MR) is 123 cm³/mol. The largest absolute Gasteiger partial charge is 0.389 e. The molecule has 0 spiro atoms. The molecule has 1 N–H and O–H groups in total. The first-order valence-electron chi connectivity index (χ1n) is 10.6. The van der Waals surface area contributed by atoms with E-state index >= 15 is 0 Å². The van der Waals surface area contributed by atoms with Crippen LogP contribution in [0.4, 0.5) is 0 Å². The number of hydrogen-bond donors (Lipinski definition) is 1. The maximum absolute atomic E-state index is 14.8. The van der Waals surface area contributed by atoms with Gasteiger partial charge in [0.15, 0.2) is 7.14 Å². The highest BCUT2D eigenvalue weighted by Gasteiger charge is 2.52. The van der Waals surface area contributed by atoms with Crippen LogP contribution in [-0.4, -0.2) is 24.2 Å². The van der Waals surface area contributed by atoms with Crippen LogP contribution in [0, 0.1) is 0 Å². The molecule has 1 saturated carbocycles. The van der Waals surface area contributed by atoms with E-state index in [9.17, 15) is 9.67 Å². The second kappa shape index (κ2) is 8.89. The van der Waals surface area contributed by atoms with Gasteiger partial charge < -0.3 is 14.4 Å². The molecule has 0 bridgehead atoms. The Morgan fingerprint density at radius 3 is 1.67 bits per heavy atom. The topological polar surface area (TPSA) is 46.5 Å². The van der Waals surface area contributed by atoms with Gasteiger partial charge in [0, 0.05) is 23.1 Å². The van der Waals surface area contributed by atoms with Crippen LogP contribution in [0.1, 0.15) is 31.2 Å². The monoisotopic (exact) mass is 420 g/mol. The molecule has 3 aromatic rings. The summed E-state index contributed by atoms with van der Waals surface area (Å²) in [4.78, 5) is 0. The van der Waals surface area contributed by atoms with Crippen molar-refractivity contribution in [3.8, 4) is 0 Å². The minimum absolute atomic E-state index is 0.457.